The standard InChI is InChI=1S/C19H19N3OS/c1-22(2)17-6-3-5-15(10-17)19(23)21-12-14-9-16(13-20-11-14)18-7-4-8-24-18/h3-11,13H,12H2,1-2H3,(H,21,23). The van der Waals surface area contributed by atoms with Crippen molar-refractivity contribution in [2.24, 2.45) is 0 Å². The van der Waals surface area contributed by atoms with Crippen molar-refractivity contribution < 1.29 is 4.79 Å². The second-order valence-electron chi connectivity index (χ2n) is 5.69. The maximum atomic E-state index is 12.4. The second kappa shape index (κ2) is 7.27. The molecule has 4 nitrogen and oxygen atoms in total. The smallest absolute Gasteiger partial charge is 0.251 e. The van der Waals surface area contributed by atoms with Gasteiger partial charge in [0.05, 0.1) is 0 Å². The van der Waals surface area contributed by atoms with E-state index >= 15 is 0 Å². The number of aromatic nitrogens is 1. The molecule has 0 bridgehead atoms. The van der Waals surface area contributed by atoms with Gasteiger partial charge in [0.25, 0.3) is 5.91 Å². The lowest BCUT2D eigenvalue weighted by atomic mass is 10.1. The van der Waals surface area contributed by atoms with Crippen LogP contribution in [-0.2, 0) is 6.54 Å². The molecule has 0 saturated carbocycles. The lowest BCUT2D eigenvalue weighted by Crippen LogP contribution is -2.23. The number of hydrogen-bond donors (Lipinski definition) is 1. The zero-order chi connectivity index (χ0) is 16.9. The maximum Gasteiger partial charge on any atom is 0.251 e. The summed E-state index contributed by atoms with van der Waals surface area (Å²) >= 11 is 1.68. The van der Waals surface area contributed by atoms with Crippen LogP contribution in [0.25, 0.3) is 10.4 Å². The predicted octanol–water partition coefficient (Wildman–Crippen LogP) is 3.81. The van der Waals surface area contributed by atoms with Gasteiger partial charge in [-0.05, 0) is 41.3 Å². The molecule has 0 fully saturated rings. The summed E-state index contributed by atoms with van der Waals surface area (Å²) in [6.07, 6.45) is 3.63. The van der Waals surface area contributed by atoms with E-state index in [1.807, 2.05) is 60.9 Å². The van der Waals surface area contributed by atoms with Gasteiger partial charge >= 0.3 is 0 Å². The maximum absolute atomic E-state index is 12.4. The van der Waals surface area contributed by atoms with E-state index in [-0.39, 0.29) is 5.91 Å². The third-order valence-electron chi connectivity index (χ3n) is 3.68. The number of anilines is 1. The summed E-state index contributed by atoms with van der Waals surface area (Å²) in [4.78, 5) is 19.8. The van der Waals surface area contributed by atoms with Crippen molar-refractivity contribution in [3.05, 3.63) is 71.4 Å². The Kier molecular flexibility index (Phi) is 4.91. The van der Waals surface area contributed by atoms with Gasteiger partial charge in [-0.3, -0.25) is 9.78 Å². The van der Waals surface area contributed by atoms with Crippen molar-refractivity contribution in [2.45, 2.75) is 6.54 Å². The Morgan fingerprint density at radius 1 is 1.17 bits per heavy atom. The van der Waals surface area contributed by atoms with E-state index in [1.54, 1.807) is 17.5 Å². The average molecular weight is 337 g/mol. The summed E-state index contributed by atoms with van der Waals surface area (Å²) in [5, 5.41) is 5.00. The third kappa shape index (κ3) is 3.81. The summed E-state index contributed by atoms with van der Waals surface area (Å²) in [6.45, 7) is 0.456. The minimum atomic E-state index is -0.0831. The predicted molar refractivity (Wildman–Crippen MR) is 99.5 cm³/mol. The van der Waals surface area contributed by atoms with Crippen LogP contribution < -0.4 is 10.2 Å². The molecule has 1 N–H and O–H groups in total. The fourth-order valence-electron chi connectivity index (χ4n) is 2.37. The molecule has 0 saturated heterocycles. The quantitative estimate of drug-likeness (QED) is 0.770. The third-order valence-corrected chi connectivity index (χ3v) is 4.60. The van der Waals surface area contributed by atoms with Gasteiger partial charge in [0.1, 0.15) is 0 Å². The summed E-state index contributed by atoms with van der Waals surface area (Å²) < 4.78 is 0. The number of nitrogens with zero attached hydrogens (tertiary/aromatic N) is 2. The molecule has 24 heavy (non-hydrogen) atoms. The van der Waals surface area contributed by atoms with Gasteiger partial charge < -0.3 is 10.2 Å². The Morgan fingerprint density at radius 3 is 2.79 bits per heavy atom. The number of carbonyl (C=O) groups excluding carboxylic acids is 1. The molecule has 0 unspecified atom stereocenters. The van der Waals surface area contributed by atoms with Crippen LogP contribution in [0.5, 0.6) is 0 Å². The topological polar surface area (TPSA) is 45.2 Å². The fourth-order valence-corrected chi connectivity index (χ4v) is 3.08. The molecule has 3 aromatic rings. The molecule has 5 heteroatoms. The number of benzene rings is 1. The number of pyridine rings is 1. The monoisotopic (exact) mass is 337 g/mol. The van der Waals surface area contributed by atoms with Crippen molar-refractivity contribution in [1.29, 1.82) is 0 Å². The Hall–Kier alpha value is -2.66. The molecule has 0 radical (unpaired) electrons. The summed E-state index contributed by atoms with van der Waals surface area (Å²) in [5.41, 5.74) is 3.72. The normalized spacial score (nSPS) is 10.4. The first-order valence-corrected chi connectivity index (χ1v) is 8.55. The highest BCUT2D eigenvalue weighted by Crippen LogP contribution is 2.24. The number of thiophene rings is 1. The van der Waals surface area contributed by atoms with Crippen LogP contribution in [0.3, 0.4) is 0 Å². The summed E-state index contributed by atoms with van der Waals surface area (Å²) in [7, 11) is 3.91. The average Bonchev–Trinajstić information content (AvgIpc) is 3.15. The van der Waals surface area contributed by atoms with E-state index in [9.17, 15) is 4.79 Å². The van der Waals surface area contributed by atoms with Crippen LogP contribution in [0, 0.1) is 0 Å². The zero-order valence-corrected chi connectivity index (χ0v) is 14.5. The molecule has 0 aliphatic carbocycles. The molecule has 1 aromatic carbocycles. The van der Waals surface area contributed by atoms with E-state index in [0.717, 1.165) is 16.8 Å². The number of rotatable bonds is 5. The lowest BCUT2D eigenvalue weighted by molar-refractivity contribution is 0.0951. The Morgan fingerprint density at radius 2 is 2.04 bits per heavy atom. The largest absolute Gasteiger partial charge is 0.378 e. The van der Waals surface area contributed by atoms with Crippen LogP contribution in [0.1, 0.15) is 15.9 Å². The van der Waals surface area contributed by atoms with Crippen molar-refractivity contribution >= 4 is 22.9 Å². The van der Waals surface area contributed by atoms with Gasteiger partial charge in [-0.25, -0.2) is 0 Å². The van der Waals surface area contributed by atoms with Gasteiger partial charge in [-0.1, -0.05) is 12.1 Å². The van der Waals surface area contributed by atoms with Crippen LogP contribution in [0.4, 0.5) is 5.69 Å². The fraction of sp³-hybridized carbons (Fsp3) is 0.158. The molecule has 0 spiro atoms. The first-order chi connectivity index (χ1) is 11.6. The lowest BCUT2D eigenvalue weighted by Gasteiger charge is -2.13. The molecule has 2 heterocycles. The van der Waals surface area contributed by atoms with Crippen molar-refractivity contribution in [3.63, 3.8) is 0 Å². The van der Waals surface area contributed by atoms with Gasteiger partial charge in [-0.15, -0.1) is 11.3 Å². The molecule has 122 valence electrons. The zero-order valence-electron chi connectivity index (χ0n) is 13.7. The molecule has 2 aromatic heterocycles. The number of nitrogens with one attached hydrogen (secondary N) is 1. The summed E-state index contributed by atoms with van der Waals surface area (Å²) in [5.74, 6) is -0.0831. The SMILES string of the molecule is CN(C)c1cccc(C(=O)NCc2cncc(-c3cccs3)c2)c1. The minimum Gasteiger partial charge on any atom is -0.378 e. The van der Waals surface area contributed by atoms with E-state index in [1.165, 1.54) is 4.88 Å². The van der Waals surface area contributed by atoms with E-state index < -0.39 is 0 Å². The van der Waals surface area contributed by atoms with Gasteiger partial charge in [0.2, 0.25) is 0 Å². The van der Waals surface area contributed by atoms with Crippen LogP contribution in [0.2, 0.25) is 0 Å². The Bertz CT molecular complexity index is 828. The Labute approximate surface area is 145 Å². The number of hydrogen-bond acceptors (Lipinski definition) is 4. The number of carbonyl (C=O) groups is 1. The van der Waals surface area contributed by atoms with Crippen molar-refractivity contribution in [2.75, 3.05) is 19.0 Å². The summed E-state index contributed by atoms with van der Waals surface area (Å²) in [6, 6.07) is 13.7. The number of amides is 1. The molecule has 0 atom stereocenters. The Balaban J connectivity index is 1.68. The van der Waals surface area contributed by atoms with E-state index in [0.29, 0.717) is 12.1 Å². The molecule has 1 amide bonds. The van der Waals surface area contributed by atoms with E-state index in [2.05, 4.69) is 22.4 Å². The molecular weight excluding hydrogens is 318 g/mol. The highest BCUT2D eigenvalue weighted by atomic mass is 32.1. The highest BCUT2D eigenvalue weighted by molar-refractivity contribution is 7.13. The van der Waals surface area contributed by atoms with Crippen LogP contribution in [0.15, 0.2) is 60.2 Å². The second-order valence-corrected chi connectivity index (χ2v) is 6.63. The molecule has 3 rings (SSSR count). The molecular formula is C19H19N3OS. The molecule has 0 aliphatic heterocycles. The van der Waals surface area contributed by atoms with Gasteiger partial charge in [0.15, 0.2) is 0 Å². The first-order valence-electron chi connectivity index (χ1n) is 7.67. The van der Waals surface area contributed by atoms with Gasteiger partial charge in [-0.2, -0.15) is 0 Å². The highest BCUT2D eigenvalue weighted by Gasteiger charge is 2.08. The van der Waals surface area contributed by atoms with E-state index in [4.69, 9.17) is 0 Å². The first kappa shape index (κ1) is 16.2. The molecule has 0 aliphatic rings. The van der Waals surface area contributed by atoms with Crippen LogP contribution in [-0.4, -0.2) is 25.0 Å². The van der Waals surface area contributed by atoms with Gasteiger partial charge in [0, 0.05) is 54.7 Å². The van der Waals surface area contributed by atoms with Crippen molar-refractivity contribution in [1.82, 2.24) is 10.3 Å². The van der Waals surface area contributed by atoms with Crippen molar-refractivity contribution in [3.8, 4) is 10.4 Å². The van der Waals surface area contributed by atoms with Crippen LogP contribution >= 0.6 is 11.3 Å². The minimum absolute atomic E-state index is 0.0831.